The Morgan fingerprint density at radius 1 is 1.03 bits per heavy atom. The summed E-state index contributed by atoms with van der Waals surface area (Å²) in [6, 6.07) is 13.0. The zero-order valence-electron chi connectivity index (χ0n) is 17.0. The Morgan fingerprint density at radius 3 is 2.17 bits per heavy atom. The molecule has 5 nitrogen and oxygen atoms in total. The van der Waals surface area contributed by atoms with Crippen LogP contribution < -0.4 is 5.32 Å². The number of nitrogens with one attached hydrogen (secondary N) is 1. The quantitative estimate of drug-likeness (QED) is 0.811. The average Bonchev–Trinajstić information content (AvgIpc) is 2.69. The van der Waals surface area contributed by atoms with Gasteiger partial charge in [-0.15, -0.1) is 0 Å². The molecule has 1 saturated heterocycles. The molecule has 2 aromatic carbocycles. The van der Waals surface area contributed by atoms with Gasteiger partial charge >= 0.3 is 0 Å². The first-order valence-electron chi connectivity index (χ1n) is 9.75. The molecule has 0 bridgehead atoms. The summed E-state index contributed by atoms with van der Waals surface area (Å²) in [5.74, 6) is -1.11. The van der Waals surface area contributed by atoms with E-state index in [4.69, 9.17) is 0 Å². The minimum atomic E-state index is -3.60. The highest BCUT2D eigenvalue weighted by Gasteiger charge is 2.32. The molecule has 0 atom stereocenters. The number of benzene rings is 2. The zero-order chi connectivity index (χ0) is 21.2. The van der Waals surface area contributed by atoms with E-state index in [9.17, 15) is 17.6 Å². The second-order valence-corrected chi connectivity index (χ2v) is 10.4. The maximum absolute atomic E-state index is 13.7. The lowest BCUT2D eigenvalue weighted by molar-refractivity contribution is -0.120. The van der Waals surface area contributed by atoms with Gasteiger partial charge in [-0.05, 0) is 48.1 Å². The van der Waals surface area contributed by atoms with E-state index in [1.165, 1.54) is 16.4 Å². The number of carbonyl (C=O) groups is 1. The van der Waals surface area contributed by atoms with Crippen molar-refractivity contribution in [3.63, 3.8) is 0 Å². The van der Waals surface area contributed by atoms with Crippen LogP contribution in [0.5, 0.6) is 0 Å². The Balaban J connectivity index is 1.63. The van der Waals surface area contributed by atoms with Crippen molar-refractivity contribution >= 4 is 21.6 Å². The summed E-state index contributed by atoms with van der Waals surface area (Å²) in [6.45, 7) is 6.76. The third-order valence-corrected chi connectivity index (χ3v) is 7.23. The summed E-state index contributed by atoms with van der Waals surface area (Å²) < 4.78 is 41.0. The second kappa shape index (κ2) is 8.24. The first kappa shape index (κ1) is 21.5. The summed E-state index contributed by atoms with van der Waals surface area (Å²) in [5.41, 5.74) is 1.16. The van der Waals surface area contributed by atoms with E-state index in [1.807, 2.05) is 12.1 Å². The summed E-state index contributed by atoms with van der Waals surface area (Å²) in [7, 11) is -3.60. The van der Waals surface area contributed by atoms with Gasteiger partial charge in [0.2, 0.25) is 15.9 Å². The Morgan fingerprint density at radius 2 is 1.62 bits per heavy atom. The van der Waals surface area contributed by atoms with E-state index in [0.717, 1.165) is 5.56 Å². The Kier molecular flexibility index (Phi) is 6.10. The number of amides is 1. The number of hydrogen-bond acceptors (Lipinski definition) is 3. The number of carbonyl (C=O) groups excluding carboxylic acids is 1. The number of piperidine rings is 1. The second-order valence-electron chi connectivity index (χ2n) is 8.42. The summed E-state index contributed by atoms with van der Waals surface area (Å²) in [6.07, 6.45) is 0.805. The van der Waals surface area contributed by atoms with E-state index < -0.39 is 15.8 Å². The maximum Gasteiger partial charge on any atom is 0.243 e. The number of nitrogens with zero attached hydrogens (tertiary/aromatic N) is 1. The lowest BCUT2D eigenvalue weighted by atomic mass is 9.87. The highest BCUT2D eigenvalue weighted by atomic mass is 32.2. The molecule has 29 heavy (non-hydrogen) atoms. The molecule has 0 aliphatic carbocycles. The number of anilines is 1. The molecular weight excluding hydrogens is 391 g/mol. The Bertz CT molecular complexity index is 974. The molecule has 1 heterocycles. The van der Waals surface area contributed by atoms with Gasteiger partial charge in [0.15, 0.2) is 0 Å². The van der Waals surface area contributed by atoms with Crippen molar-refractivity contribution in [2.45, 2.75) is 43.9 Å². The molecule has 156 valence electrons. The van der Waals surface area contributed by atoms with Crippen LogP contribution in [0.2, 0.25) is 0 Å². The molecule has 7 heteroatoms. The minimum Gasteiger partial charge on any atom is -0.323 e. The number of sulfonamides is 1. The first-order chi connectivity index (χ1) is 13.6. The van der Waals surface area contributed by atoms with Crippen LogP contribution in [0.4, 0.5) is 10.1 Å². The van der Waals surface area contributed by atoms with Crippen molar-refractivity contribution in [1.82, 2.24) is 4.31 Å². The van der Waals surface area contributed by atoms with Gasteiger partial charge < -0.3 is 5.32 Å². The van der Waals surface area contributed by atoms with Crippen LogP contribution in [0, 0.1) is 11.7 Å². The third-order valence-electron chi connectivity index (χ3n) is 5.31. The molecule has 1 fully saturated rings. The van der Waals surface area contributed by atoms with Crippen molar-refractivity contribution in [2.75, 3.05) is 18.4 Å². The topological polar surface area (TPSA) is 66.5 Å². The normalized spacial score (nSPS) is 16.6. The number of rotatable bonds is 4. The van der Waals surface area contributed by atoms with Crippen molar-refractivity contribution in [1.29, 1.82) is 0 Å². The van der Waals surface area contributed by atoms with Gasteiger partial charge in [-0.1, -0.05) is 45.0 Å². The van der Waals surface area contributed by atoms with Crippen molar-refractivity contribution in [3.8, 4) is 0 Å². The van der Waals surface area contributed by atoms with Crippen molar-refractivity contribution in [2.24, 2.45) is 5.92 Å². The average molecular weight is 419 g/mol. The van der Waals surface area contributed by atoms with E-state index in [-0.39, 0.29) is 40.9 Å². The van der Waals surface area contributed by atoms with Crippen molar-refractivity contribution in [3.05, 3.63) is 59.9 Å². The number of halogens is 1. The van der Waals surface area contributed by atoms with Crippen LogP contribution in [0.15, 0.2) is 53.4 Å². The number of para-hydroxylation sites is 1. The summed E-state index contributed by atoms with van der Waals surface area (Å²) in [4.78, 5) is 12.7. The molecule has 0 aromatic heterocycles. The predicted molar refractivity (Wildman–Crippen MR) is 112 cm³/mol. The predicted octanol–water partition coefficient (Wildman–Crippen LogP) is 4.16. The van der Waals surface area contributed by atoms with Crippen LogP contribution >= 0.6 is 0 Å². The molecule has 3 rings (SSSR count). The van der Waals surface area contributed by atoms with Gasteiger partial charge in [0.25, 0.3) is 0 Å². The number of hydrogen-bond donors (Lipinski definition) is 1. The van der Waals surface area contributed by atoms with Gasteiger partial charge in [-0.3, -0.25) is 4.79 Å². The standard InChI is InChI=1S/C22H27FN2O3S/c1-22(2,3)17-8-10-18(11-9-17)29(27,28)25-14-12-16(13-15-25)21(26)24-20-7-5-4-6-19(20)23/h4-11,16H,12-15H2,1-3H3,(H,24,26). The zero-order valence-corrected chi connectivity index (χ0v) is 17.8. The molecule has 1 aliphatic rings. The first-order valence-corrected chi connectivity index (χ1v) is 11.2. The van der Waals surface area contributed by atoms with Crippen LogP contribution in [-0.2, 0) is 20.2 Å². The highest BCUT2D eigenvalue weighted by Crippen LogP contribution is 2.27. The van der Waals surface area contributed by atoms with E-state index in [0.29, 0.717) is 12.8 Å². The largest absolute Gasteiger partial charge is 0.323 e. The fraction of sp³-hybridized carbons (Fsp3) is 0.409. The lowest BCUT2D eigenvalue weighted by Crippen LogP contribution is -2.41. The third kappa shape index (κ3) is 4.85. The molecule has 1 N–H and O–H groups in total. The van der Waals surface area contributed by atoms with Gasteiger partial charge in [0.1, 0.15) is 5.82 Å². The molecule has 0 unspecified atom stereocenters. The molecular formula is C22H27FN2O3S. The molecule has 2 aromatic rings. The molecule has 0 spiro atoms. The SMILES string of the molecule is CC(C)(C)c1ccc(S(=O)(=O)N2CCC(C(=O)Nc3ccccc3F)CC2)cc1. The fourth-order valence-corrected chi connectivity index (χ4v) is 4.90. The molecule has 1 aliphatic heterocycles. The smallest absolute Gasteiger partial charge is 0.243 e. The Hall–Kier alpha value is -2.25. The summed E-state index contributed by atoms with van der Waals surface area (Å²) in [5, 5.41) is 2.60. The van der Waals surface area contributed by atoms with Gasteiger partial charge in [0.05, 0.1) is 10.6 Å². The minimum absolute atomic E-state index is 0.0494. The Labute approximate surface area is 172 Å². The fourth-order valence-electron chi connectivity index (χ4n) is 3.43. The maximum atomic E-state index is 13.7. The lowest BCUT2D eigenvalue weighted by Gasteiger charge is -2.30. The van der Waals surface area contributed by atoms with Gasteiger partial charge in [0, 0.05) is 19.0 Å². The van der Waals surface area contributed by atoms with E-state index in [1.54, 1.807) is 24.3 Å². The van der Waals surface area contributed by atoms with Crippen LogP contribution in [-0.4, -0.2) is 31.7 Å². The van der Waals surface area contributed by atoms with Gasteiger partial charge in [-0.25, -0.2) is 12.8 Å². The van der Waals surface area contributed by atoms with Crippen LogP contribution in [0.1, 0.15) is 39.2 Å². The monoisotopic (exact) mass is 418 g/mol. The highest BCUT2D eigenvalue weighted by molar-refractivity contribution is 7.89. The van der Waals surface area contributed by atoms with Gasteiger partial charge in [-0.2, -0.15) is 4.31 Å². The van der Waals surface area contributed by atoms with E-state index in [2.05, 4.69) is 26.1 Å². The van der Waals surface area contributed by atoms with Crippen molar-refractivity contribution < 1.29 is 17.6 Å². The molecule has 1 amide bonds. The van der Waals surface area contributed by atoms with Crippen LogP contribution in [0.3, 0.4) is 0 Å². The summed E-state index contributed by atoms with van der Waals surface area (Å²) >= 11 is 0. The molecule has 0 saturated carbocycles. The van der Waals surface area contributed by atoms with Crippen LogP contribution in [0.25, 0.3) is 0 Å². The molecule has 0 radical (unpaired) electrons. The van der Waals surface area contributed by atoms with E-state index >= 15 is 0 Å².